The summed E-state index contributed by atoms with van der Waals surface area (Å²) in [4.78, 5) is 56.3. The highest BCUT2D eigenvalue weighted by Crippen LogP contribution is 2.23. The summed E-state index contributed by atoms with van der Waals surface area (Å²) in [5.41, 5.74) is 0.164. The maximum Gasteiger partial charge on any atom is 0.350 e. The molecule has 2 rings (SSSR count). The number of esters is 1. The molecule has 0 radical (unpaired) electrons. The molecular formula is C17H22N4O5S. The Balaban J connectivity index is 1.99. The molecule has 10 heteroatoms. The van der Waals surface area contributed by atoms with Crippen LogP contribution in [0, 0.1) is 19.8 Å². The van der Waals surface area contributed by atoms with Gasteiger partial charge in [0.2, 0.25) is 5.91 Å². The molecule has 146 valence electrons. The number of thiazole rings is 1. The molecule has 0 atom stereocenters. The van der Waals surface area contributed by atoms with Crippen molar-refractivity contribution in [2.75, 3.05) is 11.9 Å². The second-order valence-electron chi connectivity index (χ2n) is 6.49. The monoisotopic (exact) mass is 394 g/mol. The second-order valence-corrected chi connectivity index (χ2v) is 7.48. The van der Waals surface area contributed by atoms with Crippen molar-refractivity contribution in [1.29, 1.82) is 0 Å². The fourth-order valence-corrected chi connectivity index (χ4v) is 3.17. The maximum atomic E-state index is 12.1. The van der Waals surface area contributed by atoms with Crippen LogP contribution in [0.15, 0.2) is 9.59 Å². The normalized spacial score (nSPS) is 10.9. The molecule has 0 aliphatic rings. The predicted octanol–water partition coefficient (Wildman–Crippen LogP) is 1.52. The van der Waals surface area contributed by atoms with Crippen molar-refractivity contribution in [2.24, 2.45) is 5.92 Å². The van der Waals surface area contributed by atoms with E-state index in [1.165, 1.54) is 0 Å². The molecular weight excluding hydrogens is 372 g/mol. The zero-order chi connectivity index (χ0) is 20.1. The minimum Gasteiger partial charge on any atom is -0.461 e. The van der Waals surface area contributed by atoms with Gasteiger partial charge in [-0.25, -0.2) is 14.6 Å². The van der Waals surface area contributed by atoms with Crippen molar-refractivity contribution >= 4 is 28.3 Å². The van der Waals surface area contributed by atoms with Crippen LogP contribution in [0.5, 0.6) is 0 Å². The van der Waals surface area contributed by atoms with Gasteiger partial charge in [0.25, 0.3) is 5.56 Å². The molecule has 27 heavy (non-hydrogen) atoms. The number of ether oxygens (including phenoxy) is 1. The van der Waals surface area contributed by atoms with Crippen molar-refractivity contribution in [3.63, 3.8) is 0 Å². The van der Waals surface area contributed by atoms with E-state index in [9.17, 15) is 19.2 Å². The minimum absolute atomic E-state index is 0.0295. The van der Waals surface area contributed by atoms with Gasteiger partial charge in [0.1, 0.15) is 4.88 Å². The highest BCUT2D eigenvalue weighted by Gasteiger charge is 2.18. The van der Waals surface area contributed by atoms with Gasteiger partial charge < -0.3 is 15.0 Å². The van der Waals surface area contributed by atoms with Crippen LogP contribution in [0.4, 0.5) is 5.13 Å². The summed E-state index contributed by atoms with van der Waals surface area (Å²) in [6.07, 6.45) is 0.194. The third-order valence-corrected chi connectivity index (χ3v) is 4.69. The van der Waals surface area contributed by atoms with Crippen molar-refractivity contribution in [3.05, 3.63) is 42.7 Å². The van der Waals surface area contributed by atoms with Crippen LogP contribution in [0.3, 0.4) is 0 Å². The number of amides is 1. The van der Waals surface area contributed by atoms with Crippen molar-refractivity contribution < 1.29 is 14.3 Å². The number of H-pyrrole nitrogens is 2. The number of hydrogen-bond donors (Lipinski definition) is 3. The molecule has 0 aliphatic carbocycles. The van der Waals surface area contributed by atoms with Crippen molar-refractivity contribution in [1.82, 2.24) is 15.0 Å². The lowest BCUT2D eigenvalue weighted by atomic mass is 10.1. The van der Waals surface area contributed by atoms with Gasteiger partial charge in [-0.1, -0.05) is 25.2 Å². The molecule has 0 spiro atoms. The first-order valence-electron chi connectivity index (χ1n) is 8.43. The van der Waals surface area contributed by atoms with E-state index in [2.05, 4.69) is 20.3 Å². The van der Waals surface area contributed by atoms with Crippen LogP contribution in [0.2, 0.25) is 0 Å². The average Bonchev–Trinajstić information content (AvgIpc) is 2.91. The minimum atomic E-state index is -0.583. The fraction of sp³-hybridized carbons (Fsp3) is 0.471. The number of nitrogens with zero attached hydrogens (tertiary/aromatic N) is 1. The number of carbonyl (C=O) groups is 2. The van der Waals surface area contributed by atoms with Gasteiger partial charge in [0.15, 0.2) is 5.13 Å². The molecule has 0 saturated carbocycles. The van der Waals surface area contributed by atoms with Crippen molar-refractivity contribution in [2.45, 2.75) is 40.5 Å². The zero-order valence-electron chi connectivity index (χ0n) is 15.6. The van der Waals surface area contributed by atoms with Gasteiger partial charge in [-0.05, 0) is 26.2 Å². The van der Waals surface area contributed by atoms with Crippen LogP contribution >= 0.6 is 11.3 Å². The van der Waals surface area contributed by atoms with Crippen LogP contribution in [0.25, 0.3) is 0 Å². The van der Waals surface area contributed by atoms with E-state index in [0.717, 1.165) is 11.3 Å². The Morgan fingerprint density at radius 1 is 1.22 bits per heavy atom. The van der Waals surface area contributed by atoms with E-state index in [1.807, 2.05) is 13.8 Å². The Labute approximate surface area is 159 Å². The average molecular weight is 394 g/mol. The number of aryl methyl sites for hydroxylation is 2. The van der Waals surface area contributed by atoms with Gasteiger partial charge >= 0.3 is 11.7 Å². The summed E-state index contributed by atoms with van der Waals surface area (Å²) < 4.78 is 5.18. The van der Waals surface area contributed by atoms with Gasteiger partial charge in [-0.2, -0.15) is 0 Å². The standard InChI is InChI=1S/C17H22N4O5S/c1-8(2)7-26-15(24)13-10(4)19-17(27-13)20-12(22)6-5-11-9(3)18-16(25)21-14(11)23/h8H,5-7H2,1-4H3,(H,19,20,22)(H2,18,21,23,25). The molecule has 0 unspecified atom stereocenters. The van der Waals surface area contributed by atoms with E-state index >= 15 is 0 Å². The summed E-state index contributed by atoms with van der Waals surface area (Å²) >= 11 is 1.04. The number of rotatable bonds is 7. The lowest BCUT2D eigenvalue weighted by Gasteiger charge is -2.05. The van der Waals surface area contributed by atoms with Gasteiger partial charge in [0, 0.05) is 17.7 Å². The quantitative estimate of drug-likeness (QED) is 0.610. The Morgan fingerprint density at radius 3 is 2.56 bits per heavy atom. The van der Waals surface area contributed by atoms with Gasteiger partial charge in [0.05, 0.1) is 12.3 Å². The van der Waals surface area contributed by atoms with E-state index in [1.54, 1.807) is 13.8 Å². The lowest BCUT2D eigenvalue weighted by molar-refractivity contribution is -0.116. The third kappa shape index (κ3) is 5.61. The molecule has 0 fully saturated rings. The first kappa shape index (κ1) is 20.6. The Morgan fingerprint density at radius 2 is 1.93 bits per heavy atom. The topological polar surface area (TPSA) is 134 Å². The summed E-state index contributed by atoms with van der Waals surface area (Å²) in [5, 5.41) is 2.91. The summed E-state index contributed by atoms with van der Waals surface area (Å²) in [7, 11) is 0. The number of nitrogens with one attached hydrogen (secondary N) is 3. The van der Waals surface area contributed by atoms with Crippen LogP contribution in [-0.4, -0.2) is 33.4 Å². The number of hydrogen-bond acceptors (Lipinski definition) is 7. The van der Waals surface area contributed by atoms with E-state index in [0.29, 0.717) is 33.6 Å². The molecule has 0 saturated heterocycles. The second kappa shape index (κ2) is 8.76. The van der Waals surface area contributed by atoms with Crippen LogP contribution in [-0.2, 0) is 16.0 Å². The van der Waals surface area contributed by atoms with Gasteiger partial charge in [-0.3, -0.25) is 14.6 Å². The lowest BCUT2D eigenvalue weighted by Crippen LogP contribution is -2.27. The highest BCUT2D eigenvalue weighted by molar-refractivity contribution is 7.17. The Bertz CT molecular complexity index is 957. The molecule has 2 aromatic heterocycles. The Hall–Kier alpha value is -2.75. The van der Waals surface area contributed by atoms with E-state index in [4.69, 9.17) is 4.74 Å². The SMILES string of the molecule is Cc1nc(NC(=O)CCc2c(C)[nH]c(=O)[nH]c2=O)sc1C(=O)OCC(C)C. The molecule has 0 aromatic carbocycles. The first-order valence-corrected chi connectivity index (χ1v) is 9.25. The summed E-state index contributed by atoms with van der Waals surface area (Å²) in [6, 6.07) is 0. The molecule has 0 bridgehead atoms. The van der Waals surface area contributed by atoms with E-state index in [-0.39, 0.29) is 24.7 Å². The number of aromatic amines is 2. The predicted molar refractivity (Wildman–Crippen MR) is 101 cm³/mol. The zero-order valence-corrected chi connectivity index (χ0v) is 16.4. The number of carbonyl (C=O) groups excluding carboxylic acids is 2. The Kier molecular flexibility index (Phi) is 6.67. The molecule has 0 aliphatic heterocycles. The molecule has 2 aromatic rings. The van der Waals surface area contributed by atoms with Crippen LogP contribution < -0.4 is 16.6 Å². The first-order chi connectivity index (χ1) is 12.7. The van der Waals surface area contributed by atoms with Crippen molar-refractivity contribution in [3.8, 4) is 0 Å². The molecule has 2 heterocycles. The van der Waals surface area contributed by atoms with E-state index < -0.39 is 17.2 Å². The third-order valence-electron chi connectivity index (χ3n) is 3.63. The molecule has 9 nitrogen and oxygen atoms in total. The van der Waals surface area contributed by atoms with Crippen LogP contribution in [0.1, 0.15) is 46.9 Å². The fourth-order valence-electron chi connectivity index (χ4n) is 2.29. The summed E-state index contributed by atoms with van der Waals surface area (Å²) in [6.45, 7) is 7.45. The summed E-state index contributed by atoms with van der Waals surface area (Å²) in [5.74, 6) is -0.591. The molecule has 1 amide bonds. The maximum absolute atomic E-state index is 12.1. The number of anilines is 1. The number of aromatic nitrogens is 3. The van der Waals surface area contributed by atoms with Gasteiger partial charge in [-0.15, -0.1) is 0 Å². The molecule has 3 N–H and O–H groups in total. The largest absolute Gasteiger partial charge is 0.461 e. The highest BCUT2D eigenvalue weighted by atomic mass is 32.1. The smallest absolute Gasteiger partial charge is 0.350 e.